The van der Waals surface area contributed by atoms with Gasteiger partial charge < -0.3 is 5.32 Å². The van der Waals surface area contributed by atoms with Crippen molar-refractivity contribution in [2.24, 2.45) is 0 Å². The minimum absolute atomic E-state index is 0.0103. The Bertz CT molecular complexity index is 1390. The number of hydrogen-bond donors (Lipinski definition) is 1. The highest BCUT2D eigenvalue weighted by Crippen LogP contribution is 2.47. The van der Waals surface area contributed by atoms with Gasteiger partial charge in [-0.25, -0.2) is 0 Å². The maximum absolute atomic E-state index is 13.9. The fourth-order valence-electron chi connectivity index (χ4n) is 5.23. The zero-order valence-corrected chi connectivity index (χ0v) is 20.2. The van der Waals surface area contributed by atoms with Crippen molar-refractivity contribution in [3.63, 3.8) is 0 Å². The van der Waals surface area contributed by atoms with Gasteiger partial charge in [0.25, 0.3) is 5.69 Å². The van der Waals surface area contributed by atoms with Gasteiger partial charge in [-0.2, -0.15) is 0 Å². The van der Waals surface area contributed by atoms with Gasteiger partial charge >= 0.3 is 0 Å². The van der Waals surface area contributed by atoms with Crippen molar-refractivity contribution in [3.05, 3.63) is 111 Å². The third-order valence-corrected chi connectivity index (χ3v) is 7.01. The molecule has 5 rings (SSSR count). The predicted octanol–water partition coefficient (Wildman–Crippen LogP) is 6.21. The summed E-state index contributed by atoms with van der Waals surface area (Å²) in [6.45, 7) is 3.83. The molecule has 0 bridgehead atoms. The second-order valence-corrected chi connectivity index (χ2v) is 9.35. The summed E-state index contributed by atoms with van der Waals surface area (Å²) in [5.41, 5.74) is 5.56. The average Bonchev–Trinajstić information content (AvgIpc) is 3.03. The van der Waals surface area contributed by atoms with Gasteiger partial charge in [-0.3, -0.25) is 24.6 Å². The molecule has 1 amide bonds. The van der Waals surface area contributed by atoms with Crippen LogP contribution >= 0.6 is 0 Å². The summed E-state index contributed by atoms with van der Waals surface area (Å²) in [6, 6.07) is 21.5. The van der Waals surface area contributed by atoms with E-state index < -0.39 is 11.0 Å². The Hall–Kier alpha value is -4.26. The second-order valence-electron chi connectivity index (χ2n) is 9.35. The Balaban J connectivity index is 1.68. The number of aryl methyl sites for hydroxylation is 1. The Morgan fingerprint density at radius 1 is 1.03 bits per heavy atom. The van der Waals surface area contributed by atoms with Gasteiger partial charge in [0, 0.05) is 36.2 Å². The molecule has 0 saturated heterocycles. The summed E-state index contributed by atoms with van der Waals surface area (Å²) >= 11 is 0. The summed E-state index contributed by atoms with van der Waals surface area (Å²) < 4.78 is 0. The number of nitrogens with one attached hydrogen (secondary N) is 1. The molecule has 0 radical (unpaired) electrons. The van der Waals surface area contributed by atoms with Crippen LogP contribution < -0.4 is 10.2 Å². The zero-order valence-electron chi connectivity index (χ0n) is 20.2. The van der Waals surface area contributed by atoms with Crippen LogP contribution in [0.2, 0.25) is 0 Å². The van der Waals surface area contributed by atoms with E-state index in [1.807, 2.05) is 68.4 Å². The molecule has 0 spiro atoms. The highest BCUT2D eigenvalue weighted by molar-refractivity contribution is 6.06. The molecule has 1 aliphatic carbocycles. The molecule has 0 aromatic heterocycles. The molecule has 1 N–H and O–H groups in total. The standard InChI is InChI=1S/C29H27N3O4/c1-3-27(34)31-25-10-5-4-9-23(25)30-24-16-21(20-7-6-8-22(15-20)32(35)36)17-26(33)28(24)29(31)19-13-11-18(2)12-14-19/h4-15,21,29-30H,3,16-17H2,1-2H3. The third-order valence-electron chi connectivity index (χ3n) is 7.01. The van der Waals surface area contributed by atoms with Crippen LogP contribution in [0.5, 0.6) is 0 Å². The molecule has 7 heteroatoms. The topological polar surface area (TPSA) is 92.6 Å². The summed E-state index contributed by atoms with van der Waals surface area (Å²) in [6.07, 6.45) is 1.02. The van der Waals surface area contributed by atoms with E-state index in [4.69, 9.17) is 0 Å². The number of nitro benzene ring substituents is 1. The van der Waals surface area contributed by atoms with Crippen molar-refractivity contribution in [1.82, 2.24) is 0 Å². The molecule has 0 fully saturated rings. The fourth-order valence-corrected chi connectivity index (χ4v) is 5.23. The van der Waals surface area contributed by atoms with Crippen LogP contribution in [0, 0.1) is 17.0 Å². The highest BCUT2D eigenvalue weighted by Gasteiger charge is 2.41. The minimum Gasteiger partial charge on any atom is -0.357 e. The summed E-state index contributed by atoms with van der Waals surface area (Å²) in [7, 11) is 0. The number of ketones is 1. The van der Waals surface area contributed by atoms with Gasteiger partial charge in [0.15, 0.2) is 5.78 Å². The molecule has 2 aliphatic rings. The second kappa shape index (κ2) is 9.41. The average molecular weight is 482 g/mol. The number of nitro groups is 1. The lowest BCUT2D eigenvalue weighted by Crippen LogP contribution is -2.38. The summed E-state index contributed by atoms with van der Waals surface area (Å²) in [5.74, 6) is -0.340. The number of Topliss-reactive ketones (excluding diaryl/α,β-unsaturated/α-hetero) is 1. The van der Waals surface area contributed by atoms with E-state index >= 15 is 0 Å². The largest absolute Gasteiger partial charge is 0.357 e. The van der Waals surface area contributed by atoms with Crippen molar-refractivity contribution < 1.29 is 14.5 Å². The maximum atomic E-state index is 13.9. The van der Waals surface area contributed by atoms with E-state index in [2.05, 4.69) is 5.32 Å². The SMILES string of the molecule is CCC(=O)N1c2ccccc2NC2=C(C(=O)CC(c3cccc([N+](=O)[O-])c3)C2)C1c1ccc(C)cc1. The monoisotopic (exact) mass is 481 g/mol. The number of carbonyl (C=O) groups excluding carboxylic acids is 2. The fraction of sp³-hybridized carbons (Fsp3) is 0.241. The predicted molar refractivity (Wildman–Crippen MR) is 139 cm³/mol. The van der Waals surface area contributed by atoms with Crippen LogP contribution in [0.4, 0.5) is 17.1 Å². The third kappa shape index (κ3) is 4.17. The lowest BCUT2D eigenvalue weighted by Gasteiger charge is -2.35. The van der Waals surface area contributed by atoms with Crippen LogP contribution in [-0.2, 0) is 9.59 Å². The Kier molecular flexibility index (Phi) is 6.14. The zero-order chi connectivity index (χ0) is 25.4. The number of nitrogens with zero attached hydrogens (tertiary/aromatic N) is 2. The number of non-ortho nitro benzene ring substituents is 1. The normalized spacial score (nSPS) is 19.2. The first-order chi connectivity index (χ1) is 17.4. The number of anilines is 2. The number of fused-ring (bicyclic) bond motifs is 1. The maximum Gasteiger partial charge on any atom is 0.269 e. The highest BCUT2D eigenvalue weighted by atomic mass is 16.6. The molecule has 182 valence electrons. The number of hydrogen-bond acceptors (Lipinski definition) is 5. The van der Waals surface area contributed by atoms with Crippen LogP contribution in [0.25, 0.3) is 0 Å². The lowest BCUT2D eigenvalue weighted by molar-refractivity contribution is -0.384. The first-order valence-electron chi connectivity index (χ1n) is 12.1. The number of para-hydroxylation sites is 2. The number of amides is 1. The van der Waals surface area contributed by atoms with Gasteiger partial charge in [-0.05, 0) is 42.5 Å². The molecule has 2 atom stereocenters. The number of rotatable bonds is 4. The molecule has 0 saturated carbocycles. The van der Waals surface area contributed by atoms with Crippen molar-refractivity contribution in [2.45, 2.75) is 45.1 Å². The van der Waals surface area contributed by atoms with Crippen LogP contribution in [0.15, 0.2) is 84.1 Å². The van der Waals surface area contributed by atoms with E-state index in [0.29, 0.717) is 18.4 Å². The first kappa shape index (κ1) is 23.5. The smallest absolute Gasteiger partial charge is 0.269 e. The Labute approximate surface area is 209 Å². The Morgan fingerprint density at radius 3 is 2.50 bits per heavy atom. The van der Waals surface area contributed by atoms with Gasteiger partial charge in [0.1, 0.15) is 0 Å². The molecule has 36 heavy (non-hydrogen) atoms. The molecule has 2 unspecified atom stereocenters. The van der Waals surface area contributed by atoms with Crippen molar-refractivity contribution in [2.75, 3.05) is 10.2 Å². The van der Waals surface area contributed by atoms with Gasteiger partial charge in [0.2, 0.25) is 5.91 Å². The van der Waals surface area contributed by atoms with Gasteiger partial charge in [-0.1, -0.05) is 61.0 Å². The molecule has 3 aromatic rings. The van der Waals surface area contributed by atoms with Gasteiger partial charge in [0.05, 0.1) is 22.3 Å². The van der Waals surface area contributed by atoms with E-state index in [1.165, 1.54) is 6.07 Å². The number of allylic oxidation sites excluding steroid dienone is 1. The Morgan fingerprint density at radius 2 is 1.78 bits per heavy atom. The van der Waals surface area contributed by atoms with Crippen LogP contribution in [-0.4, -0.2) is 16.6 Å². The quantitative estimate of drug-likeness (QED) is 0.353. The summed E-state index contributed by atoms with van der Waals surface area (Å²) in [4.78, 5) is 40.0. The van der Waals surface area contributed by atoms with E-state index in [0.717, 1.165) is 33.8 Å². The minimum atomic E-state index is -0.567. The van der Waals surface area contributed by atoms with Crippen molar-refractivity contribution in [1.29, 1.82) is 0 Å². The molecule has 3 aromatic carbocycles. The number of carbonyl (C=O) groups is 2. The van der Waals surface area contributed by atoms with Crippen LogP contribution in [0.3, 0.4) is 0 Å². The van der Waals surface area contributed by atoms with E-state index in [-0.39, 0.29) is 29.7 Å². The van der Waals surface area contributed by atoms with E-state index in [9.17, 15) is 19.7 Å². The molecular weight excluding hydrogens is 454 g/mol. The summed E-state index contributed by atoms with van der Waals surface area (Å²) in [5, 5.41) is 14.8. The van der Waals surface area contributed by atoms with Gasteiger partial charge in [-0.15, -0.1) is 0 Å². The molecular formula is C29H27N3O4. The van der Waals surface area contributed by atoms with Crippen LogP contribution in [0.1, 0.15) is 54.8 Å². The molecule has 1 aliphatic heterocycles. The van der Waals surface area contributed by atoms with Crippen molar-refractivity contribution in [3.8, 4) is 0 Å². The first-order valence-corrected chi connectivity index (χ1v) is 12.1. The van der Waals surface area contributed by atoms with Crippen molar-refractivity contribution >= 4 is 28.8 Å². The molecule has 7 nitrogen and oxygen atoms in total. The number of benzene rings is 3. The molecule has 1 heterocycles. The lowest BCUT2D eigenvalue weighted by atomic mass is 9.78. The van der Waals surface area contributed by atoms with E-state index in [1.54, 1.807) is 17.0 Å².